The zero-order chi connectivity index (χ0) is 29.4. The number of hydrogen-bond acceptors (Lipinski definition) is 1. The lowest BCUT2D eigenvalue weighted by Gasteiger charge is -2.11. The van der Waals surface area contributed by atoms with Crippen LogP contribution in [-0.2, 0) is 0 Å². The van der Waals surface area contributed by atoms with Gasteiger partial charge in [-0.25, -0.2) is 4.98 Å². The molecule has 3 aromatic heterocycles. The number of fused-ring (bicyclic) bond motifs is 10. The maximum Gasteiger partial charge on any atom is 0.146 e. The summed E-state index contributed by atoms with van der Waals surface area (Å²) in [5.41, 5.74) is 8.66. The van der Waals surface area contributed by atoms with E-state index in [-0.39, 0.29) is 0 Å². The maximum atomic E-state index is 5.22. The van der Waals surface area contributed by atoms with Crippen LogP contribution >= 0.6 is 0 Å². The molecule has 3 heterocycles. The Morgan fingerprint density at radius 1 is 0.568 bits per heavy atom. The van der Waals surface area contributed by atoms with Crippen molar-refractivity contribution in [2.75, 3.05) is 0 Å². The van der Waals surface area contributed by atoms with Crippen molar-refractivity contribution in [1.82, 2.24) is 14.0 Å². The average Bonchev–Trinajstić information content (AvgIpc) is 3.58. The summed E-state index contributed by atoms with van der Waals surface area (Å²) >= 11 is 0. The van der Waals surface area contributed by atoms with Gasteiger partial charge in [-0.2, -0.15) is 0 Å². The molecule has 9 rings (SSSR count). The lowest BCUT2D eigenvalue weighted by Crippen LogP contribution is -2.26. The molecule has 0 aliphatic carbocycles. The summed E-state index contributed by atoms with van der Waals surface area (Å²) in [6.45, 7) is 8.59. The fourth-order valence-corrected chi connectivity index (χ4v) is 6.93. The normalized spacial score (nSPS) is 12.4. The third-order valence-corrected chi connectivity index (χ3v) is 8.95. The quantitative estimate of drug-likeness (QED) is 0.197. The van der Waals surface area contributed by atoms with Gasteiger partial charge in [0.15, 0.2) is 0 Å². The molecule has 0 aliphatic rings. The second kappa shape index (κ2) is 9.29. The van der Waals surface area contributed by atoms with Crippen molar-refractivity contribution >= 4 is 72.7 Å². The standard InChI is InChI=1S/C41H27N3/c1-3-11-37-26(2)35-24-36-40(44-38-19-9-8-17-33(38)32-16-6-7-18-34(32)41(44)42-36)25-39(35)43(37)31-15-10-14-29(23-31)30-21-20-27-12-4-5-13-28(27)22-30/h3-25H,1-2H2/b37-11+. The van der Waals surface area contributed by atoms with Gasteiger partial charge in [0.05, 0.1) is 27.4 Å². The number of benzene rings is 6. The molecule has 0 bridgehead atoms. The Bertz CT molecular complexity index is 2760. The molecule has 0 atom stereocenters. The van der Waals surface area contributed by atoms with E-state index in [1.165, 1.54) is 32.7 Å². The molecule has 3 heteroatoms. The third kappa shape index (κ3) is 3.47. The summed E-state index contributed by atoms with van der Waals surface area (Å²) in [7, 11) is 0. The molecule has 0 amide bonds. The van der Waals surface area contributed by atoms with E-state index in [1.807, 2.05) is 6.08 Å². The Morgan fingerprint density at radius 2 is 1.32 bits per heavy atom. The zero-order valence-corrected chi connectivity index (χ0v) is 24.0. The summed E-state index contributed by atoms with van der Waals surface area (Å²) in [6.07, 6.45) is 3.89. The van der Waals surface area contributed by atoms with Crippen LogP contribution in [0.1, 0.15) is 0 Å². The molecule has 9 aromatic rings. The molecule has 0 radical (unpaired) electrons. The summed E-state index contributed by atoms with van der Waals surface area (Å²) in [6, 6.07) is 45.6. The van der Waals surface area contributed by atoms with Gasteiger partial charge in [-0.3, -0.25) is 4.40 Å². The summed E-state index contributed by atoms with van der Waals surface area (Å²) < 4.78 is 4.63. The van der Waals surface area contributed by atoms with Crippen LogP contribution < -0.4 is 10.6 Å². The van der Waals surface area contributed by atoms with Crippen LogP contribution in [0.15, 0.2) is 140 Å². The Morgan fingerprint density at radius 3 is 2.18 bits per heavy atom. The summed E-state index contributed by atoms with van der Waals surface area (Å²) in [4.78, 5) is 5.22. The van der Waals surface area contributed by atoms with E-state index in [1.54, 1.807) is 0 Å². The van der Waals surface area contributed by atoms with E-state index in [4.69, 9.17) is 4.98 Å². The lowest BCUT2D eigenvalue weighted by atomic mass is 10.0. The Balaban J connectivity index is 1.36. The van der Waals surface area contributed by atoms with Crippen molar-refractivity contribution in [1.29, 1.82) is 0 Å². The van der Waals surface area contributed by atoms with Crippen LogP contribution in [0.25, 0.3) is 89.5 Å². The Hall–Kier alpha value is -5.93. The molecular weight excluding hydrogens is 534 g/mol. The van der Waals surface area contributed by atoms with Gasteiger partial charge >= 0.3 is 0 Å². The average molecular weight is 562 g/mol. The van der Waals surface area contributed by atoms with E-state index in [2.05, 4.69) is 156 Å². The van der Waals surface area contributed by atoms with Gasteiger partial charge in [0, 0.05) is 27.1 Å². The molecular formula is C41H27N3. The van der Waals surface area contributed by atoms with Gasteiger partial charge in [-0.05, 0) is 69.8 Å². The molecule has 6 aromatic carbocycles. The minimum absolute atomic E-state index is 0.955. The predicted molar refractivity (Wildman–Crippen MR) is 187 cm³/mol. The number of pyridine rings is 1. The molecule has 0 fully saturated rings. The van der Waals surface area contributed by atoms with E-state index < -0.39 is 0 Å². The number of rotatable bonds is 3. The van der Waals surface area contributed by atoms with Crippen molar-refractivity contribution in [2.45, 2.75) is 0 Å². The first-order valence-electron chi connectivity index (χ1n) is 14.9. The number of imidazole rings is 1. The molecule has 0 unspecified atom stereocenters. The van der Waals surface area contributed by atoms with Crippen molar-refractivity contribution in [3.8, 4) is 16.8 Å². The molecule has 0 aliphatic heterocycles. The van der Waals surface area contributed by atoms with Gasteiger partial charge in [-0.15, -0.1) is 0 Å². The van der Waals surface area contributed by atoms with E-state index in [0.717, 1.165) is 54.7 Å². The highest BCUT2D eigenvalue weighted by Crippen LogP contribution is 2.34. The second-order valence-corrected chi connectivity index (χ2v) is 11.4. The maximum absolute atomic E-state index is 5.22. The Kier molecular flexibility index (Phi) is 5.20. The monoisotopic (exact) mass is 561 g/mol. The van der Waals surface area contributed by atoms with E-state index >= 15 is 0 Å². The first kappa shape index (κ1) is 24.6. The number of aromatic nitrogens is 3. The molecule has 206 valence electrons. The minimum Gasteiger partial charge on any atom is -0.309 e. The highest BCUT2D eigenvalue weighted by atomic mass is 15.0. The number of para-hydroxylation sites is 1. The van der Waals surface area contributed by atoms with Gasteiger partial charge in [0.2, 0.25) is 0 Å². The number of allylic oxidation sites excluding steroid dienone is 1. The smallest absolute Gasteiger partial charge is 0.146 e. The van der Waals surface area contributed by atoms with Crippen molar-refractivity contribution in [3.63, 3.8) is 0 Å². The summed E-state index contributed by atoms with van der Waals surface area (Å²) in [5, 5.41) is 9.11. The van der Waals surface area contributed by atoms with Crippen LogP contribution in [0.2, 0.25) is 0 Å². The molecule has 0 saturated carbocycles. The fourth-order valence-electron chi connectivity index (χ4n) is 6.93. The SMILES string of the molecule is C=C/C=c1\c(=C)c2cc3nc4c5ccccc5c5ccccc5n4c3cc2n1-c1cccc(-c2ccc3ccccc3c2)c1. The minimum atomic E-state index is 0.955. The largest absolute Gasteiger partial charge is 0.309 e. The number of nitrogens with zero attached hydrogens (tertiary/aromatic N) is 3. The first-order chi connectivity index (χ1) is 21.7. The molecule has 0 spiro atoms. The molecule has 0 saturated heterocycles. The van der Waals surface area contributed by atoms with Crippen LogP contribution in [0.5, 0.6) is 0 Å². The topological polar surface area (TPSA) is 22.2 Å². The Labute approximate surface area is 253 Å². The third-order valence-electron chi connectivity index (χ3n) is 8.95. The number of hydrogen-bond donors (Lipinski definition) is 0. The first-order valence-corrected chi connectivity index (χ1v) is 14.9. The molecule has 0 N–H and O–H groups in total. The van der Waals surface area contributed by atoms with Crippen molar-refractivity contribution in [2.24, 2.45) is 0 Å². The van der Waals surface area contributed by atoms with Crippen LogP contribution in [0.4, 0.5) is 0 Å². The van der Waals surface area contributed by atoms with E-state index in [0.29, 0.717) is 0 Å². The van der Waals surface area contributed by atoms with Gasteiger partial charge in [0.25, 0.3) is 0 Å². The van der Waals surface area contributed by atoms with Crippen LogP contribution in [-0.4, -0.2) is 14.0 Å². The van der Waals surface area contributed by atoms with Gasteiger partial charge in [-0.1, -0.05) is 110 Å². The van der Waals surface area contributed by atoms with Gasteiger partial charge < -0.3 is 4.57 Å². The zero-order valence-electron chi connectivity index (χ0n) is 24.0. The van der Waals surface area contributed by atoms with Crippen molar-refractivity contribution in [3.05, 3.63) is 151 Å². The van der Waals surface area contributed by atoms with Crippen LogP contribution in [0.3, 0.4) is 0 Å². The molecule has 3 nitrogen and oxygen atoms in total. The summed E-state index contributed by atoms with van der Waals surface area (Å²) in [5.74, 6) is 0. The molecule has 44 heavy (non-hydrogen) atoms. The van der Waals surface area contributed by atoms with E-state index in [9.17, 15) is 0 Å². The lowest BCUT2D eigenvalue weighted by molar-refractivity contribution is 1.07. The fraction of sp³-hybridized carbons (Fsp3) is 0. The van der Waals surface area contributed by atoms with Crippen molar-refractivity contribution < 1.29 is 0 Å². The van der Waals surface area contributed by atoms with Crippen LogP contribution in [0, 0.1) is 0 Å². The highest BCUT2D eigenvalue weighted by Gasteiger charge is 2.17. The second-order valence-electron chi connectivity index (χ2n) is 11.4. The van der Waals surface area contributed by atoms with Gasteiger partial charge in [0.1, 0.15) is 5.65 Å². The predicted octanol–water partition coefficient (Wildman–Crippen LogP) is 8.93. The highest BCUT2D eigenvalue weighted by molar-refractivity contribution is 6.14.